The third-order valence-corrected chi connectivity index (χ3v) is 1.97. The Morgan fingerprint density at radius 3 is 2.35 bits per heavy atom. The third kappa shape index (κ3) is 4.68. The minimum absolute atomic E-state index is 0.0762. The molecule has 4 nitrogen and oxygen atoms in total. The van der Waals surface area contributed by atoms with Crippen LogP contribution in [0.4, 0.5) is 0 Å². The van der Waals surface area contributed by atoms with Crippen LogP contribution in [-0.2, 0) is 4.84 Å². The van der Waals surface area contributed by atoms with Gasteiger partial charge in [0.15, 0.2) is 0 Å². The predicted molar refractivity (Wildman–Crippen MR) is 68.3 cm³/mol. The lowest BCUT2D eigenvalue weighted by molar-refractivity contribution is 0.0919. The van der Waals surface area contributed by atoms with E-state index in [1.165, 1.54) is 7.11 Å². The minimum atomic E-state index is -0.229. The van der Waals surface area contributed by atoms with Crippen LogP contribution in [0.1, 0.15) is 36.7 Å². The molecule has 0 aliphatic carbocycles. The van der Waals surface area contributed by atoms with Crippen molar-refractivity contribution in [2.75, 3.05) is 7.11 Å². The number of hydrogen-bond donors (Lipinski definition) is 1. The molecule has 0 saturated heterocycles. The van der Waals surface area contributed by atoms with Gasteiger partial charge < -0.3 is 10.2 Å². The number of amides is 1. The molecule has 92 valence electrons. The highest BCUT2D eigenvalue weighted by Crippen LogP contribution is 2.06. The Morgan fingerprint density at radius 2 is 1.88 bits per heavy atom. The predicted octanol–water partition coefficient (Wildman–Crippen LogP) is 2.20. The van der Waals surface area contributed by atoms with Crippen LogP contribution in [0.25, 0.3) is 0 Å². The topological polar surface area (TPSA) is 50.7 Å². The molecule has 0 aliphatic rings. The van der Waals surface area contributed by atoms with Crippen molar-refractivity contribution < 1.29 is 9.63 Å². The second-order valence-electron chi connectivity index (χ2n) is 4.74. The van der Waals surface area contributed by atoms with Crippen LogP contribution in [0, 0.1) is 0 Å². The second kappa shape index (κ2) is 5.48. The maximum Gasteiger partial charge on any atom is 0.251 e. The summed E-state index contributed by atoms with van der Waals surface area (Å²) in [7, 11) is 1.49. The molecule has 0 heterocycles. The second-order valence-corrected chi connectivity index (χ2v) is 4.74. The molecule has 0 atom stereocenters. The summed E-state index contributed by atoms with van der Waals surface area (Å²) in [5.74, 6) is -0.0762. The average Bonchev–Trinajstić information content (AvgIpc) is 2.24. The molecule has 0 bridgehead atoms. The minimum Gasteiger partial charge on any atom is -0.399 e. The van der Waals surface area contributed by atoms with Crippen LogP contribution >= 0.6 is 0 Å². The van der Waals surface area contributed by atoms with Crippen molar-refractivity contribution in [1.29, 1.82) is 0 Å². The molecule has 1 aromatic carbocycles. The monoisotopic (exact) mass is 234 g/mol. The highest BCUT2D eigenvalue weighted by atomic mass is 16.6. The maximum absolute atomic E-state index is 11.8. The molecule has 0 spiro atoms. The van der Waals surface area contributed by atoms with E-state index >= 15 is 0 Å². The number of rotatable bonds is 3. The Hall–Kier alpha value is -1.84. The normalized spacial score (nSPS) is 11.5. The van der Waals surface area contributed by atoms with Crippen molar-refractivity contribution in [1.82, 2.24) is 5.32 Å². The smallest absolute Gasteiger partial charge is 0.251 e. The first-order valence-electron chi connectivity index (χ1n) is 5.41. The van der Waals surface area contributed by atoms with Gasteiger partial charge in [-0.25, -0.2) is 0 Å². The van der Waals surface area contributed by atoms with Crippen molar-refractivity contribution in [3.63, 3.8) is 0 Å². The number of benzene rings is 1. The molecule has 17 heavy (non-hydrogen) atoms. The maximum atomic E-state index is 11.8. The Bertz CT molecular complexity index is 402. The van der Waals surface area contributed by atoms with Gasteiger partial charge in [-0.3, -0.25) is 4.79 Å². The van der Waals surface area contributed by atoms with E-state index in [-0.39, 0.29) is 11.4 Å². The molecular weight excluding hydrogens is 216 g/mol. The van der Waals surface area contributed by atoms with Crippen molar-refractivity contribution in [3.8, 4) is 0 Å². The van der Waals surface area contributed by atoms with E-state index in [1.54, 1.807) is 18.3 Å². The number of nitrogens with one attached hydrogen (secondary N) is 1. The Kier molecular flexibility index (Phi) is 4.26. The van der Waals surface area contributed by atoms with Gasteiger partial charge in [-0.1, -0.05) is 17.3 Å². The summed E-state index contributed by atoms with van der Waals surface area (Å²) in [6.45, 7) is 5.85. The van der Waals surface area contributed by atoms with Crippen LogP contribution in [0.2, 0.25) is 0 Å². The summed E-state index contributed by atoms with van der Waals surface area (Å²) in [6.07, 6.45) is 1.59. The van der Waals surface area contributed by atoms with Crippen LogP contribution < -0.4 is 5.32 Å². The third-order valence-electron chi connectivity index (χ3n) is 1.97. The van der Waals surface area contributed by atoms with Gasteiger partial charge in [0.05, 0.1) is 6.21 Å². The molecule has 0 unspecified atom stereocenters. The summed E-state index contributed by atoms with van der Waals surface area (Å²) in [5.41, 5.74) is 1.29. The zero-order valence-corrected chi connectivity index (χ0v) is 10.7. The van der Waals surface area contributed by atoms with Gasteiger partial charge in [-0.15, -0.1) is 0 Å². The van der Waals surface area contributed by atoms with E-state index in [0.29, 0.717) is 5.56 Å². The van der Waals surface area contributed by atoms with Crippen LogP contribution in [0.15, 0.2) is 29.4 Å². The first-order valence-corrected chi connectivity index (χ1v) is 5.41. The van der Waals surface area contributed by atoms with Crippen molar-refractivity contribution in [3.05, 3.63) is 35.4 Å². The fourth-order valence-electron chi connectivity index (χ4n) is 1.25. The number of nitrogens with zero attached hydrogens (tertiary/aromatic N) is 1. The molecule has 1 aromatic rings. The first kappa shape index (κ1) is 13.2. The largest absolute Gasteiger partial charge is 0.399 e. The average molecular weight is 234 g/mol. The van der Waals surface area contributed by atoms with Crippen molar-refractivity contribution in [2.24, 2.45) is 5.16 Å². The molecule has 0 radical (unpaired) electrons. The summed E-state index contributed by atoms with van der Waals surface area (Å²) in [6, 6.07) is 7.16. The lowest BCUT2D eigenvalue weighted by Crippen LogP contribution is -2.40. The number of oxime groups is 1. The van der Waals surface area contributed by atoms with Gasteiger partial charge in [0.1, 0.15) is 7.11 Å². The molecule has 0 aliphatic heterocycles. The molecule has 1 N–H and O–H groups in total. The van der Waals surface area contributed by atoms with E-state index in [2.05, 4.69) is 15.3 Å². The van der Waals surface area contributed by atoms with E-state index in [4.69, 9.17) is 0 Å². The Morgan fingerprint density at radius 1 is 1.29 bits per heavy atom. The molecule has 0 fully saturated rings. The van der Waals surface area contributed by atoms with Gasteiger partial charge in [0.2, 0.25) is 0 Å². The van der Waals surface area contributed by atoms with Crippen LogP contribution in [0.5, 0.6) is 0 Å². The SMILES string of the molecule is CO/N=C/c1ccc(C(=O)NC(C)(C)C)cc1. The summed E-state index contributed by atoms with van der Waals surface area (Å²) < 4.78 is 0. The quantitative estimate of drug-likeness (QED) is 0.644. The standard InChI is InChI=1S/C13H18N2O2/c1-13(2,3)15-12(16)11-7-5-10(6-8-11)9-14-17-4/h5-9H,1-4H3,(H,15,16)/b14-9+. The molecule has 0 aromatic heterocycles. The zero-order valence-electron chi connectivity index (χ0n) is 10.7. The van der Waals surface area contributed by atoms with Gasteiger partial charge in [0.25, 0.3) is 5.91 Å². The first-order chi connectivity index (χ1) is 7.92. The number of carbonyl (C=O) groups excluding carboxylic acids is 1. The molecule has 1 amide bonds. The number of hydrogen-bond acceptors (Lipinski definition) is 3. The Labute approximate surface area is 102 Å². The summed E-state index contributed by atoms with van der Waals surface area (Å²) >= 11 is 0. The van der Waals surface area contributed by atoms with Crippen molar-refractivity contribution >= 4 is 12.1 Å². The van der Waals surface area contributed by atoms with Gasteiger partial charge >= 0.3 is 0 Å². The molecular formula is C13H18N2O2. The molecule has 1 rings (SSSR count). The van der Waals surface area contributed by atoms with E-state index < -0.39 is 0 Å². The number of carbonyl (C=O) groups is 1. The molecule has 0 saturated carbocycles. The van der Waals surface area contributed by atoms with Crippen LogP contribution in [-0.4, -0.2) is 24.8 Å². The lowest BCUT2D eigenvalue weighted by atomic mass is 10.1. The summed E-state index contributed by atoms with van der Waals surface area (Å²) in [4.78, 5) is 16.4. The van der Waals surface area contributed by atoms with E-state index in [9.17, 15) is 4.79 Å². The molecule has 4 heteroatoms. The van der Waals surface area contributed by atoms with E-state index in [0.717, 1.165) is 5.56 Å². The van der Waals surface area contributed by atoms with Gasteiger partial charge in [-0.2, -0.15) is 0 Å². The van der Waals surface area contributed by atoms with Gasteiger partial charge in [0, 0.05) is 11.1 Å². The van der Waals surface area contributed by atoms with Crippen LogP contribution in [0.3, 0.4) is 0 Å². The van der Waals surface area contributed by atoms with Crippen molar-refractivity contribution in [2.45, 2.75) is 26.3 Å². The highest BCUT2D eigenvalue weighted by molar-refractivity contribution is 5.95. The highest BCUT2D eigenvalue weighted by Gasteiger charge is 2.14. The fourth-order valence-corrected chi connectivity index (χ4v) is 1.25. The zero-order chi connectivity index (χ0) is 12.9. The fraction of sp³-hybridized carbons (Fsp3) is 0.385. The lowest BCUT2D eigenvalue weighted by Gasteiger charge is -2.20. The van der Waals surface area contributed by atoms with Gasteiger partial charge in [-0.05, 0) is 38.5 Å². The van der Waals surface area contributed by atoms with E-state index in [1.807, 2.05) is 32.9 Å². The Balaban J connectivity index is 2.74. The summed E-state index contributed by atoms with van der Waals surface area (Å²) in [5, 5.41) is 6.55.